The lowest BCUT2D eigenvalue weighted by molar-refractivity contribution is -0.137. The van der Waals surface area contributed by atoms with Crippen molar-refractivity contribution in [3.05, 3.63) is 29.8 Å². The van der Waals surface area contributed by atoms with Crippen molar-refractivity contribution in [2.45, 2.75) is 12.5 Å². The Morgan fingerprint density at radius 1 is 1.47 bits per heavy atom. The van der Waals surface area contributed by atoms with Crippen LogP contribution in [0.5, 0.6) is 5.75 Å². The van der Waals surface area contributed by atoms with Gasteiger partial charge in [0.25, 0.3) is 0 Å². The predicted molar refractivity (Wildman–Crippen MR) is 77.4 cm³/mol. The molecule has 0 spiro atoms. The highest BCUT2D eigenvalue weighted by molar-refractivity contribution is 7.80. The fourth-order valence-corrected chi connectivity index (χ4v) is 2.14. The summed E-state index contributed by atoms with van der Waals surface area (Å²) in [5.41, 5.74) is 6.68. The summed E-state index contributed by atoms with van der Waals surface area (Å²) in [6.45, 7) is 0.378. The molecule has 1 rings (SSSR count). The molecule has 0 aliphatic rings. The number of thiocarbonyl (C=S) groups is 1. The van der Waals surface area contributed by atoms with Gasteiger partial charge in [0.1, 0.15) is 5.75 Å². The van der Waals surface area contributed by atoms with Gasteiger partial charge in [-0.1, -0.05) is 24.4 Å². The van der Waals surface area contributed by atoms with Crippen LogP contribution in [0.3, 0.4) is 0 Å². The molecule has 0 heterocycles. The average Bonchev–Trinajstić information content (AvgIpc) is 2.37. The largest absolute Gasteiger partial charge is 0.497 e. The highest BCUT2D eigenvalue weighted by Gasteiger charge is 2.20. The number of nitrogens with zero attached hydrogens (tertiary/aromatic N) is 1. The van der Waals surface area contributed by atoms with E-state index < -0.39 is 5.97 Å². The molecule has 0 amide bonds. The maximum Gasteiger partial charge on any atom is 0.304 e. The van der Waals surface area contributed by atoms with Crippen LogP contribution >= 0.6 is 12.2 Å². The van der Waals surface area contributed by atoms with Gasteiger partial charge in [0.05, 0.1) is 24.6 Å². The number of nitrogens with two attached hydrogens (primary N) is 1. The Morgan fingerprint density at radius 2 is 2.05 bits per heavy atom. The summed E-state index contributed by atoms with van der Waals surface area (Å²) in [5.74, 6) is -0.0955. The third kappa shape index (κ3) is 4.50. The van der Waals surface area contributed by atoms with Crippen LogP contribution in [0, 0.1) is 0 Å². The zero-order chi connectivity index (χ0) is 14.4. The van der Waals surface area contributed by atoms with Gasteiger partial charge >= 0.3 is 5.97 Å². The van der Waals surface area contributed by atoms with E-state index in [0.717, 1.165) is 11.3 Å². The molecule has 0 bridgehead atoms. The van der Waals surface area contributed by atoms with Gasteiger partial charge < -0.3 is 15.6 Å². The maximum atomic E-state index is 10.6. The SMILES string of the molecule is COc1ccc(C(C(N)=S)N(C)CCC(=O)O)cc1. The van der Waals surface area contributed by atoms with Gasteiger partial charge in [0.15, 0.2) is 0 Å². The second-order valence-corrected chi connectivity index (χ2v) is 4.67. The number of carbonyl (C=O) groups is 1. The third-order valence-electron chi connectivity index (χ3n) is 2.82. The van der Waals surface area contributed by atoms with E-state index in [0.29, 0.717) is 11.5 Å². The van der Waals surface area contributed by atoms with Crippen molar-refractivity contribution in [2.75, 3.05) is 20.7 Å². The predicted octanol–water partition coefficient (Wildman–Crippen LogP) is 1.43. The summed E-state index contributed by atoms with van der Waals surface area (Å²) in [5, 5.41) is 8.71. The van der Waals surface area contributed by atoms with E-state index >= 15 is 0 Å². The van der Waals surface area contributed by atoms with Crippen LogP contribution in [0.4, 0.5) is 0 Å². The number of rotatable bonds is 7. The molecule has 0 aliphatic heterocycles. The Bertz CT molecular complexity index is 448. The van der Waals surface area contributed by atoms with Gasteiger partial charge in [0.2, 0.25) is 0 Å². The zero-order valence-electron chi connectivity index (χ0n) is 11.0. The second kappa shape index (κ2) is 7.06. The maximum absolute atomic E-state index is 10.6. The zero-order valence-corrected chi connectivity index (χ0v) is 11.8. The molecule has 3 N–H and O–H groups in total. The minimum Gasteiger partial charge on any atom is -0.497 e. The molecule has 5 nitrogen and oxygen atoms in total. The van der Waals surface area contributed by atoms with Crippen molar-refractivity contribution < 1.29 is 14.6 Å². The summed E-state index contributed by atoms with van der Waals surface area (Å²) in [7, 11) is 3.40. The van der Waals surface area contributed by atoms with Gasteiger partial charge in [-0.15, -0.1) is 0 Å². The molecule has 104 valence electrons. The molecule has 0 saturated heterocycles. The molecule has 1 aromatic rings. The topological polar surface area (TPSA) is 75.8 Å². The first-order chi connectivity index (χ1) is 8.95. The van der Waals surface area contributed by atoms with E-state index in [1.54, 1.807) is 14.2 Å². The van der Waals surface area contributed by atoms with Crippen LogP contribution in [-0.4, -0.2) is 41.7 Å². The number of carboxylic acids is 1. The van der Waals surface area contributed by atoms with Gasteiger partial charge in [-0.25, -0.2) is 0 Å². The molecule has 1 aromatic carbocycles. The number of likely N-dealkylation sites (N-methyl/N-ethyl adjacent to an activating group) is 1. The number of carboxylic acid groups (broad SMARTS) is 1. The van der Waals surface area contributed by atoms with Crippen LogP contribution in [0.2, 0.25) is 0 Å². The van der Waals surface area contributed by atoms with Crippen LogP contribution in [0.25, 0.3) is 0 Å². The molecule has 0 aromatic heterocycles. The molecule has 0 aliphatic carbocycles. The lowest BCUT2D eigenvalue weighted by Crippen LogP contribution is -2.35. The standard InChI is InChI=1S/C13H18N2O3S/c1-15(8-7-11(16)17)12(13(14)19)9-3-5-10(18-2)6-4-9/h3-6,12H,7-8H2,1-2H3,(H2,14,19)(H,16,17). The van der Waals surface area contributed by atoms with Crippen molar-refractivity contribution >= 4 is 23.2 Å². The molecular formula is C13H18N2O3S. The second-order valence-electron chi connectivity index (χ2n) is 4.20. The average molecular weight is 282 g/mol. The summed E-state index contributed by atoms with van der Waals surface area (Å²) in [6.07, 6.45) is 0.0474. The summed E-state index contributed by atoms with van der Waals surface area (Å²) in [4.78, 5) is 12.8. The molecule has 1 unspecified atom stereocenters. The minimum atomic E-state index is -0.844. The third-order valence-corrected chi connectivity index (χ3v) is 3.04. The molecule has 0 radical (unpaired) electrons. The summed E-state index contributed by atoms with van der Waals surface area (Å²) < 4.78 is 5.09. The van der Waals surface area contributed by atoms with E-state index in [1.807, 2.05) is 29.2 Å². The Balaban J connectivity index is 2.86. The van der Waals surface area contributed by atoms with Gasteiger partial charge in [0, 0.05) is 6.54 Å². The molecule has 0 fully saturated rings. The number of benzene rings is 1. The van der Waals surface area contributed by atoms with Gasteiger partial charge in [-0.2, -0.15) is 0 Å². The summed E-state index contributed by atoms with van der Waals surface area (Å²) in [6, 6.07) is 7.12. The fraction of sp³-hybridized carbons (Fsp3) is 0.385. The lowest BCUT2D eigenvalue weighted by atomic mass is 10.1. The van der Waals surface area contributed by atoms with Crippen molar-refractivity contribution in [3.63, 3.8) is 0 Å². The Kier molecular flexibility index (Phi) is 5.72. The smallest absolute Gasteiger partial charge is 0.304 e. The minimum absolute atomic E-state index is 0.0474. The van der Waals surface area contributed by atoms with E-state index in [2.05, 4.69) is 0 Å². The Hall–Kier alpha value is -1.66. The van der Waals surface area contributed by atoms with Gasteiger partial charge in [-0.3, -0.25) is 9.69 Å². The Labute approximate surface area is 118 Å². The van der Waals surface area contributed by atoms with Crippen LogP contribution in [0.15, 0.2) is 24.3 Å². The Morgan fingerprint density at radius 3 is 2.47 bits per heavy atom. The number of hydrogen-bond acceptors (Lipinski definition) is 4. The lowest BCUT2D eigenvalue weighted by Gasteiger charge is -2.27. The first-order valence-corrected chi connectivity index (χ1v) is 6.22. The normalized spacial score (nSPS) is 12.2. The molecule has 19 heavy (non-hydrogen) atoms. The van der Waals surface area contributed by atoms with Crippen LogP contribution in [-0.2, 0) is 4.79 Å². The number of ether oxygens (including phenoxy) is 1. The first kappa shape index (κ1) is 15.4. The van der Waals surface area contributed by atoms with Crippen LogP contribution in [0.1, 0.15) is 18.0 Å². The molecular weight excluding hydrogens is 264 g/mol. The first-order valence-electron chi connectivity index (χ1n) is 5.81. The summed E-state index contributed by atoms with van der Waals surface area (Å²) >= 11 is 5.07. The molecule has 1 atom stereocenters. The van der Waals surface area contributed by atoms with Crippen molar-refractivity contribution in [3.8, 4) is 5.75 Å². The monoisotopic (exact) mass is 282 g/mol. The molecule has 0 saturated carbocycles. The molecule has 6 heteroatoms. The van der Waals surface area contributed by atoms with E-state index in [1.165, 1.54) is 0 Å². The van der Waals surface area contributed by atoms with E-state index in [-0.39, 0.29) is 12.5 Å². The van der Waals surface area contributed by atoms with E-state index in [4.69, 9.17) is 27.8 Å². The number of aliphatic carboxylic acids is 1. The number of hydrogen-bond donors (Lipinski definition) is 2. The quantitative estimate of drug-likeness (QED) is 0.737. The number of methoxy groups -OCH3 is 1. The van der Waals surface area contributed by atoms with E-state index in [9.17, 15) is 4.79 Å². The van der Waals surface area contributed by atoms with Crippen molar-refractivity contribution in [1.82, 2.24) is 4.90 Å². The highest BCUT2D eigenvalue weighted by Crippen LogP contribution is 2.22. The highest BCUT2D eigenvalue weighted by atomic mass is 32.1. The van der Waals surface area contributed by atoms with Crippen molar-refractivity contribution in [2.24, 2.45) is 5.73 Å². The van der Waals surface area contributed by atoms with Crippen molar-refractivity contribution in [1.29, 1.82) is 0 Å². The van der Waals surface area contributed by atoms with Crippen LogP contribution < -0.4 is 10.5 Å². The van der Waals surface area contributed by atoms with Gasteiger partial charge in [-0.05, 0) is 24.7 Å². The fourth-order valence-electron chi connectivity index (χ4n) is 1.82.